The summed E-state index contributed by atoms with van der Waals surface area (Å²) in [7, 11) is 0. The molecule has 4 amide bonds. The average molecular weight is 450 g/mol. The van der Waals surface area contributed by atoms with E-state index in [4.69, 9.17) is 4.74 Å². The lowest BCUT2D eigenvalue weighted by atomic mass is 9.90. The summed E-state index contributed by atoms with van der Waals surface area (Å²) in [4.78, 5) is 51.7. The molecule has 2 fully saturated rings. The number of rotatable bonds is 7. The first-order chi connectivity index (χ1) is 14.8. The van der Waals surface area contributed by atoms with Gasteiger partial charge in [0.1, 0.15) is 17.1 Å². The summed E-state index contributed by atoms with van der Waals surface area (Å²) < 4.78 is 5.17. The van der Waals surface area contributed by atoms with Gasteiger partial charge in [0.15, 0.2) is 0 Å². The van der Waals surface area contributed by atoms with Crippen LogP contribution in [-0.2, 0) is 20.7 Å². The van der Waals surface area contributed by atoms with Crippen molar-refractivity contribution in [2.24, 2.45) is 5.92 Å². The molecule has 0 bridgehead atoms. The highest BCUT2D eigenvalue weighted by Crippen LogP contribution is 2.33. The average Bonchev–Trinajstić information content (AvgIpc) is 3.05. The first-order valence-electron chi connectivity index (χ1n) is 11.0. The number of hydrogen-bond donors (Lipinski definition) is 2. The molecule has 0 radical (unpaired) electrons. The van der Waals surface area contributed by atoms with E-state index in [-0.39, 0.29) is 19.1 Å². The van der Waals surface area contributed by atoms with Crippen LogP contribution in [0.2, 0.25) is 0 Å². The van der Waals surface area contributed by atoms with Crippen molar-refractivity contribution in [1.82, 2.24) is 10.2 Å². The van der Waals surface area contributed by atoms with E-state index in [2.05, 4.69) is 10.6 Å². The van der Waals surface area contributed by atoms with Crippen LogP contribution in [0.15, 0.2) is 5.38 Å². The third-order valence-corrected chi connectivity index (χ3v) is 6.68. The summed E-state index contributed by atoms with van der Waals surface area (Å²) in [5, 5.41) is 7.78. The summed E-state index contributed by atoms with van der Waals surface area (Å²) in [5.74, 6) is -1.00. The molecular weight excluding hydrogens is 418 g/mol. The van der Waals surface area contributed by atoms with E-state index < -0.39 is 23.4 Å². The minimum Gasteiger partial charge on any atom is -0.462 e. The topological polar surface area (TPSA) is 105 Å². The quantitative estimate of drug-likeness (QED) is 0.488. The predicted octanol–water partition coefficient (Wildman–Crippen LogP) is 3.71. The van der Waals surface area contributed by atoms with Crippen LogP contribution in [0.4, 0.5) is 9.80 Å². The Balaban J connectivity index is 1.73. The fraction of sp³-hybridized carbons (Fsp3) is 0.636. The van der Waals surface area contributed by atoms with E-state index in [0.717, 1.165) is 36.1 Å². The molecule has 1 aliphatic carbocycles. The largest absolute Gasteiger partial charge is 0.462 e. The molecule has 2 N–H and O–H groups in total. The van der Waals surface area contributed by atoms with Crippen LogP contribution in [0.1, 0.15) is 75.2 Å². The van der Waals surface area contributed by atoms with Gasteiger partial charge in [0.2, 0.25) is 5.91 Å². The zero-order chi connectivity index (χ0) is 22.6. The van der Waals surface area contributed by atoms with Crippen molar-refractivity contribution < 1.29 is 23.9 Å². The predicted molar refractivity (Wildman–Crippen MR) is 118 cm³/mol. The number of carbonyl (C=O) groups is 4. The highest BCUT2D eigenvalue weighted by atomic mass is 32.1. The number of hydrogen-bond acceptors (Lipinski definition) is 6. The van der Waals surface area contributed by atoms with E-state index in [1.54, 1.807) is 6.92 Å². The van der Waals surface area contributed by atoms with Gasteiger partial charge in [-0.25, -0.2) is 9.59 Å². The molecule has 1 spiro atoms. The molecule has 170 valence electrons. The number of imide groups is 1. The lowest BCUT2D eigenvalue weighted by Crippen LogP contribution is -2.47. The van der Waals surface area contributed by atoms with Gasteiger partial charge >= 0.3 is 12.0 Å². The number of amides is 4. The van der Waals surface area contributed by atoms with Gasteiger partial charge < -0.3 is 15.4 Å². The van der Waals surface area contributed by atoms with Crippen molar-refractivity contribution >= 4 is 40.2 Å². The van der Waals surface area contributed by atoms with Gasteiger partial charge in [0, 0.05) is 0 Å². The Labute approximate surface area is 186 Å². The molecule has 2 aliphatic rings. The molecule has 1 aromatic heterocycles. The third-order valence-electron chi connectivity index (χ3n) is 5.73. The molecule has 9 heteroatoms. The summed E-state index contributed by atoms with van der Waals surface area (Å²) in [6.07, 6.45) is 5.72. The highest BCUT2D eigenvalue weighted by molar-refractivity contribution is 7.15. The summed E-state index contributed by atoms with van der Waals surface area (Å²) in [6, 6.07) is -0.528. The number of ether oxygens (including phenoxy) is 1. The van der Waals surface area contributed by atoms with Crippen molar-refractivity contribution in [2.45, 2.75) is 71.3 Å². The Morgan fingerprint density at radius 3 is 2.52 bits per heavy atom. The molecule has 0 aromatic carbocycles. The first kappa shape index (κ1) is 23.2. The Morgan fingerprint density at radius 1 is 1.23 bits per heavy atom. The van der Waals surface area contributed by atoms with Gasteiger partial charge in [-0.3, -0.25) is 14.5 Å². The van der Waals surface area contributed by atoms with Crippen LogP contribution in [0.25, 0.3) is 0 Å². The maximum absolute atomic E-state index is 13.0. The molecule has 8 nitrogen and oxygen atoms in total. The van der Waals surface area contributed by atoms with E-state index in [1.807, 2.05) is 19.2 Å². The maximum atomic E-state index is 13.0. The Morgan fingerprint density at radius 2 is 1.90 bits per heavy atom. The summed E-state index contributed by atoms with van der Waals surface area (Å²) in [6.45, 7) is 5.67. The molecule has 1 saturated carbocycles. The zero-order valence-electron chi connectivity index (χ0n) is 18.4. The minimum atomic E-state index is -0.878. The number of nitrogens with zero attached hydrogens (tertiary/aromatic N) is 1. The van der Waals surface area contributed by atoms with E-state index in [0.29, 0.717) is 35.7 Å². The lowest BCUT2D eigenvalue weighted by Gasteiger charge is -2.24. The van der Waals surface area contributed by atoms with Crippen LogP contribution in [0, 0.1) is 5.92 Å². The third kappa shape index (κ3) is 5.08. The fourth-order valence-electron chi connectivity index (χ4n) is 4.30. The molecule has 31 heavy (non-hydrogen) atoms. The molecule has 2 heterocycles. The van der Waals surface area contributed by atoms with Crippen molar-refractivity contribution in [3.8, 4) is 0 Å². The Bertz CT molecular complexity index is 855. The van der Waals surface area contributed by atoms with Crippen molar-refractivity contribution in [2.75, 3.05) is 18.5 Å². The molecule has 1 aromatic rings. The first-order valence-corrected chi connectivity index (χ1v) is 11.9. The number of thiophene rings is 1. The van der Waals surface area contributed by atoms with Crippen molar-refractivity contribution in [3.63, 3.8) is 0 Å². The molecule has 3 rings (SSSR count). The minimum absolute atomic E-state index is 0.230. The van der Waals surface area contributed by atoms with E-state index >= 15 is 0 Å². The van der Waals surface area contributed by atoms with Gasteiger partial charge in [-0.2, -0.15) is 0 Å². The van der Waals surface area contributed by atoms with Gasteiger partial charge in [0.25, 0.3) is 5.91 Å². The van der Waals surface area contributed by atoms with Gasteiger partial charge in [0.05, 0.1) is 12.2 Å². The fourth-order valence-corrected chi connectivity index (χ4v) is 5.28. The monoisotopic (exact) mass is 449 g/mol. The van der Waals surface area contributed by atoms with Crippen molar-refractivity contribution in [1.29, 1.82) is 0 Å². The van der Waals surface area contributed by atoms with Crippen LogP contribution < -0.4 is 10.6 Å². The molecule has 1 aliphatic heterocycles. The van der Waals surface area contributed by atoms with Gasteiger partial charge in [-0.05, 0) is 43.0 Å². The van der Waals surface area contributed by atoms with E-state index in [9.17, 15) is 19.2 Å². The van der Waals surface area contributed by atoms with Gasteiger partial charge in [-0.1, -0.05) is 39.5 Å². The normalized spacial score (nSPS) is 18.3. The van der Waals surface area contributed by atoms with Crippen LogP contribution >= 0.6 is 11.3 Å². The van der Waals surface area contributed by atoms with Gasteiger partial charge in [-0.15, -0.1) is 11.3 Å². The molecular formula is C22H31N3O5S. The Hall–Kier alpha value is -2.42. The second-order valence-electron chi connectivity index (χ2n) is 8.65. The van der Waals surface area contributed by atoms with Crippen LogP contribution in [-0.4, -0.2) is 47.4 Å². The van der Waals surface area contributed by atoms with Crippen LogP contribution in [0.3, 0.4) is 0 Å². The standard InChI is InChI=1S/C22H31N3O5S/c1-4-30-19(27)17-15(11-14(2)3)13-31-18(17)23-16(26)12-25-20(28)22(24-21(25)29)9-7-5-6-8-10-22/h13-14H,4-12H2,1-3H3,(H,23,26)(H,24,29). The SMILES string of the molecule is CCOC(=O)c1c(CC(C)C)csc1NC(=O)CN1C(=O)NC2(CCCCCC2)C1=O. The van der Waals surface area contributed by atoms with Crippen molar-refractivity contribution in [3.05, 3.63) is 16.5 Å². The lowest BCUT2D eigenvalue weighted by molar-refractivity contribution is -0.134. The summed E-state index contributed by atoms with van der Waals surface area (Å²) in [5.41, 5.74) is 0.296. The number of carbonyl (C=O) groups excluding carboxylic acids is 4. The molecule has 1 saturated heterocycles. The highest BCUT2D eigenvalue weighted by Gasteiger charge is 2.51. The Kier molecular flexibility index (Phi) is 7.35. The second kappa shape index (κ2) is 9.80. The number of esters is 1. The van der Waals surface area contributed by atoms with E-state index in [1.165, 1.54) is 11.3 Å². The molecule has 0 unspecified atom stereocenters. The summed E-state index contributed by atoms with van der Waals surface area (Å²) >= 11 is 1.25. The van der Waals surface area contributed by atoms with Crippen LogP contribution in [0.5, 0.6) is 0 Å². The smallest absolute Gasteiger partial charge is 0.341 e. The number of urea groups is 1. The number of nitrogens with one attached hydrogen (secondary N) is 2. The zero-order valence-corrected chi connectivity index (χ0v) is 19.2. The molecule has 0 atom stereocenters. The second-order valence-corrected chi connectivity index (χ2v) is 9.53. The number of anilines is 1. The maximum Gasteiger partial charge on any atom is 0.341 e.